The summed E-state index contributed by atoms with van der Waals surface area (Å²) in [7, 11) is 0. The van der Waals surface area contributed by atoms with E-state index in [1.165, 1.54) is 25.7 Å². The van der Waals surface area contributed by atoms with Gasteiger partial charge >= 0.3 is 0 Å². The highest BCUT2D eigenvalue weighted by Crippen LogP contribution is 2.78. The van der Waals surface area contributed by atoms with Crippen molar-refractivity contribution in [3.8, 4) is 0 Å². The van der Waals surface area contributed by atoms with Crippen molar-refractivity contribution in [1.82, 2.24) is 0 Å². The van der Waals surface area contributed by atoms with E-state index in [-0.39, 0.29) is 5.60 Å². The molecular weight excluding hydrogens is 196 g/mol. The van der Waals surface area contributed by atoms with Gasteiger partial charge in [0.05, 0.1) is 5.60 Å². The molecule has 3 saturated carbocycles. The molecule has 0 bridgehead atoms. The van der Waals surface area contributed by atoms with Gasteiger partial charge in [-0.1, -0.05) is 20.8 Å². The van der Waals surface area contributed by atoms with Crippen molar-refractivity contribution >= 4 is 0 Å². The molecule has 0 N–H and O–H groups in total. The van der Waals surface area contributed by atoms with Gasteiger partial charge in [0.1, 0.15) is 5.60 Å². The first-order valence-corrected chi connectivity index (χ1v) is 7.13. The van der Waals surface area contributed by atoms with Gasteiger partial charge in [-0.25, -0.2) is 0 Å². The van der Waals surface area contributed by atoms with E-state index in [0.29, 0.717) is 11.0 Å². The summed E-state index contributed by atoms with van der Waals surface area (Å²) < 4.78 is 6.32. The molecule has 4 rings (SSSR count). The molecule has 3 aliphatic carbocycles. The Labute approximate surface area is 98.9 Å². The second-order valence-corrected chi connectivity index (χ2v) is 7.76. The predicted molar refractivity (Wildman–Crippen MR) is 64.1 cm³/mol. The zero-order chi connectivity index (χ0) is 11.3. The highest BCUT2D eigenvalue weighted by Gasteiger charge is 2.80. The fraction of sp³-hybridized carbons (Fsp3) is 1.00. The third-order valence-corrected chi connectivity index (χ3v) is 6.84. The van der Waals surface area contributed by atoms with Gasteiger partial charge < -0.3 is 4.74 Å². The summed E-state index contributed by atoms with van der Waals surface area (Å²) in [5.41, 5.74) is 1.20. The molecule has 90 valence electrons. The molecule has 0 aromatic heterocycles. The first kappa shape index (κ1) is 9.94. The molecule has 1 saturated heterocycles. The van der Waals surface area contributed by atoms with Crippen molar-refractivity contribution in [3.63, 3.8) is 0 Å². The molecule has 1 nitrogen and oxygen atoms in total. The lowest BCUT2D eigenvalue weighted by Gasteiger charge is -2.23. The second-order valence-electron chi connectivity index (χ2n) is 7.76. The summed E-state index contributed by atoms with van der Waals surface area (Å²) in [6, 6.07) is 0. The van der Waals surface area contributed by atoms with Crippen LogP contribution in [0.15, 0.2) is 0 Å². The van der Waals surface area contributed by atoms with Crippen LogP contribution in [0.4, 0.5) is 0 Å². The number of epoxide rings is 1. The average Bonchev–Trinajstić information content (AvgIpc) is 2.90. The monoisotopic (exact) mass is 220 g/mol. The van der Waals surface area contributed by atoms with Crippen LogP contribution in [0.3, 0.4) is 0 Å². The summed E-state index contributed by atoms with van der Waals surface area (Å²) in [4.78, 5) is 0. The molecule has 0 aromatic rings. The molecule has 1 heterocycles. The molecule has 1 heteroatoms. The molecule has 16 heavy (non-hydrogen) atoms. The quantitative estimate of drug-likeness (QED) is 0.568. The van der Waals surface area contributed by atoms with Crippen LogP contribution in [0, 0.1) is 29.1 Å². The summed E-state index contributed by atoms with van der Waals surface area (Å²) in [6.45, 7) is 9.84. The third-order valence-electron chi connectivity index (χ3n) is 6.84. The minimum Gasteiger partial charge on any atom is -0.363 e. The van der Waals surface area contributed by atoms with Gasteiger partial charge in [0.15, 0.2) is 0 Å². The maximum Gasteiger partial charge on any atom is 0.101 e. The normalized spacial score (nSPS) is 65.2. The lowest BCUT2D eigenvalue weighted by molar-refractivity contribution is 0.176. The second kappa shape index (κ2) is 2.39. The molecule has 6 atom stereocenters. The summed E-state index contributed by atoms with van der Waals surface area (Å²) in [5.74, 6) is 3.74. The Morgan fingerprint density at radius 3 is 2.50 bits per heavy atom. The number of hydrogen-bond acceptors (Lipinski definition) is 1. The SMILES string of the molecule is C[C@@H]1CC[C@@]23O[C@]2(C)CC[C@@H]2[C@H]([C@H]13)C2(C)C. The standard InChI is InChI=1S/C15H24O/c1-9-5-8-15-11(9)12-10(13(12,2)3)6-7-14(15,4)16-15/h9-12H,5-8H2,1-4H3/t9-,10-,11+,12-,14-,15+/m1/s1. The zero-order valence-corrected chi connectivity index (χ0v) is 11.0. The van der Waals surface area contributed by atoms with Crippen LogP contribution < -0.4 is 0 Å². The van der Waals surface area contributed by atoms with Crippen LogP contribution in [-0.4, -0.2) is 11.2 Å². The lowest BCUT2D eigenvalue weighted by atomic mass is 9.77. The van der Waals surface area contributed by atoms with Crippen molar-refractivity contribution in [3.05, 3.63) is 0 Å². The first-order valence-electron chi connectivity index (χ1n) is 7.13. The van der Waals surface area contributed by atoms with Gasteiger partial charge in [-0.05, 0) is 61.7 Å². The molecular formula is C15H24O. The highest BCUT2D eigenvalue weighted by molar-refractivity contribution is 5.28. The maximum absolute atomic E-state index is 6.32. The van der Waals surface area contributed by atoms with Crippen molar-refractivity contribution in [2.24, 2.45) is 29.1 Å². The molecule has 4 aliphatic rings. The largest absolute Gasteiger partial charge is 0.363 e. The predicted octanol–water partition coefficient (Wildman–Crippen LogP) is 3.63. The Morgan fingerprint density at radius 1 is 1.00 bits per heavy atom. The Morgan fingerprint density at radius 2 is 1.75 bits per heavy atom. The minimum absolute atomic E-state index is 0.270. The van der Waals surface area contributed by atoms with Gasteiger partial charge in [0, 0.05) is 0 Å². The average molecular weight is 220 g/mol. The van der Waals surface area contributed by atoms with Gasteiger partial charge in [-0.3, -0.25) is 0 Å². The summed E-state index contributed by atoms with van der Waals surface area (Å²) in [6.07, 6.45) is 5.48. The van der Waals surface area contributed by atoms with Crippen LogP contribution in [0.1, 0.15) is 53.4 Å². The maximum atomic E-state index is 6.32. The topological polar surface area (TPSA) is 12.5 Å². The van der Waals surface area contributed by atoms with E-state index >= 15 is 0 Å². The first-order chi connectivity index (χ1) is 7.42. The Kier molecular flexibility index (Phi) is 1.48. The number of ether oxygens (including phenoxy) is 1. The van der Waals surface area contributed by atoms with Crippen LogP contribution in [0.2, 0.25) is 0 Å². The number of rotatable bonds is 0. The van der Waals surface area contributed by atoms with E-state index in [0.717, 1.165) is 23.7 Å². The van der Waals surface area contributed by atoms with E-state index in [1.54, 1.807) is 0 Å². The Hall–Kier alpha value is -0.0400. The van der Waals surface area contributed by atoms with E-state index in [1.807, 2.05) is 0 Å². The van der Waals surface area contributed by atoms with E-state index < -0.39 is 0 Å². The lowest BCUT2D eigenvalue weighted by Crippen LogP contribution is -2.31. The third kappa shape index (κ3) is 0.836. The molecule has 1 aliphatic heterocycles. The zero-order valence-electron chi connectivity index (χ0n) is 11.0. The molecule has 0 amide bonds. The van der Waals surface area contributed by atoms with Crippen molar-refractivity contribution in [2.75, 3.05) is 0 Å². The van der Waals surface area contributed by atoms with Crippen molar-refractivity contribution in [1.29, 1.82) is 0 Å². The van der Waals surface area contributed by atoms with E-state index in [2.05, 4.69) is 27.7 Å². The van der Waals surface area contributed by atoms with Crippen molar-refractivity contribution in [2.45, 2.75) is 64.6 Å². The highest BCUT2D eigenvalue weighted by atomic mass is 16.6. The molecule has 1 spiro atoms. The van der Waals surface area contributed by atoms with Gasteiger partial charge in [-0.2, -0.15) is 0 Å². The number of hydrogen-bond donors (Lipinski definition) is 0. The summed E-state index contributed by atoms with van der Waals surface area (Å²) >= 11 is 0. The fourth-order valence-corrected chi connectivity index (χ4v) is 5.75. The van der Waals surface area contributed by atoms with Gasteiger partial charge in [0.25, 0.3) is 0 Å². The van der Waals surface area contributed by atoms with Crippen LogP contribution >= 0.6 is 0 Å². The fourth-order valence-electron chi connectivity index (χ4n) is 5.75. The molecule has 4 fully saturated rings. The summed E-state index contributed by atoms with van der Waals surface area (Å²) in [5, 5.41) is 0. The van der Waals surface area contributed by atoms with Gasteiger partial charge in [-0.15, -0.1) is 0 Å². The van der Waals surface area contributed by atoms with E-state index in [4.69, 9.17) is 4.74 Å². The van der Waals surface area contributed by atoms with Crippen LogP contribution in [0.5, 0.6) is 0 Å². The van der Waals surface area contributed by atoms with E-state index in [9.17, 15) is 0 Å². The smallest absolute Gasteiger partial charge is 0.101 e. The number of fused-ring (bicyclic) bond motifs is 2. The molecule has 0 radical (unpaired) electrons. The Balaban J connectivity index is 1.77. The molecule has 0 unspecified atom stereocenters. The molecule has 0 aromatic carbocycles. The minimum atomic E-state index is 0.270. The Bertz CT molecular complexity index is 356. The van der Waals surface area contributed by atoms with Gasteiger partial charge in [0.2, 0.25) is 0 Å². The van der Waals surface area contributed by atoms with Crippen LogP contribution in [-0.2, 0) is 4.74 Å². The van der Waals surface area contributed by atoms with Crippen molar-refractivity contribution < 1.29 is 4.74 Å². The van der Waals surface area contributed by atoms with Crippen LogP contribution in [0.25, 0.3) is 0 Å².